The SMILES string of the molecule is Nc1ncnc2c1C(=O)N(c1ccc(Oc3ccccc3)cc1)CC(C1CCCNC1)O2. The molecule has 3 aromatic rings. The Balaban J connectivity index is 1.45. The number of nitrogens with zero attached hydrogens (tertiary/aromatic N) is 3. The van der Waals surface area contributed by atoms with Crippen LogP contribution in [0.15, 0.2) is 60.9 Å². The van der Waals surface area contributed by atoms with Crippen molar-refractivity contribution < 1.29 is 14.3 Å². The van der Waals surface area contributed by atoms with E-state index in [2.05, 4.69) is 15.3 Å². The van der Waals surface area contributed by atoms with Crippen molar-refractivity contribution in [2.24, 2.45) is 5.92 Å². The molecule has 8 heteroatoms. The second-order valence-electron chi connectivity index (χ2n) is 8.03. The molecule has 3 heterocycles. The number of nitrogens with one attached hydrogen (secondary N) is 1. The minimum absolute atomic E-state index is 0.122. The van der Waals surface area contributed by atoms with E-state index in [-0.39, 0.29) is 35.2 Å². The lowest BCUT2D eigenvalue weighted by Gasteiger charge is -2.32. The van der Waals surface area contributed by atoms with E-state index in [1.807, 2.05) is 54.6 Å². The molecule has 8 nitrogen and oxygen atoms in total. The Hall–Kier alpha value is -3.65. The van der Waals surface area contributed by atoms with E-state index >= 15 is 0 Å². The number of amides is 1. The first-order chi connectivity index (χ1) is 15.7. The number of anilines is 2. The zero-order chi connectivity index (χ0) is 21.9. The molecule has 1 amide bonds. The number of carbonyl (C=O) groups is 1. The van der Waals surface area contributed by atoms with Crippen molar-refractivity contribution in [1.29, 1.82) is 0 Å². The summed E-state index contributed by atoms with van der Waals surface area (Å²) in [7, 11) is 0. The molecule has 2 unspecified atom stereocenters. The van der Waals surface area contributed by atoms with Crippen molar-refractivity contribution in [3.05, 3.63) is 66.5 Å². The van der Waals surface area contributed by atoms with Gasteiger partial charge in [0.2, 0.25) is 5.88 Å². The Morgan fingerprint density at radius 1 is 1.06 bits per heavy atom. The van der Waals surface area contributed by atoms with Crippen molar-refractivity contribution in [2.45, 2.75) is 18.9 Å². The minimum Gasteiger partial charge on any atom is -0.471 e. The molecule has 164 valence electrons. The molecule has 2 atom stereocenters. The van der Waals surface area contributed by atoms with Gasteiger partial charge in [0.05, 0.1) is 6.54 Å². The molecular formula is C24H25N5O3. The summed E-state index contributed by atoms with van der Waals surface area (Å²) < 4.78 is 12.1. The maximum atomic E-state index is 13.5. The van der Waals surface area contributed by atoms with Crippen LogP contribution >= 0.6 is 0 Å². The predicted molar refractivity (Wildman–Crippen MR) is 121 cm³/mol. The van der Waals surface area contributed by atoms with Gasteiger partial charge in [0.25, 0.3) is 5.91 Å². The van der Waals surface area contributed by atoms with Crippen LogP contribution in [0.4, 0.5) is 11.5 Å². The number of hydrogen-bond acceptors (Lipinski definition) is 7. The third kappa shape index (κ3) is 4.09. The van der Waals surface area contributed by atoms with E-state index in [1.165, 1.54) is 6.33 Å². The number of fused-ring (bicyclic) bond motifs is 1. The van der Waals surface area contributed by atoms with E-state index < -0.39 is 0 Å². The molecule has 32 heavy (non-hydrogen) atoms. The van der Waals surface area contributed by atoms with Gasteiger partial charge in [-0.05, 0) is 55.8 Å². The van der Waals surface area contributed by atoms with Gasteiger partial charge < -0.3 is 25.4 Å². The Morgan fingerprint density at radius 2 is 1.84 bits per heavy atom. The zero-order valence-corrected chi connectivity index (χ0v) is 17.6. The molecule has 0 radical (unpaired) electrons. The summed E-state index contributed by atoms with van der Waals surface area (Å²) in [5, 5.41) is 3.43. The van der Waals surface area contributed by atoms with Gasteiger partial charge in [-0.1, -0.05) is 18.2 Å². The van der Waals surface area contributed by atoms with Gasteiger partial charge in [-0.2, -0.15) is 0 Å². The van der Waals surface area contributed by atoms with Crippen molar-refractivity contribution in [3.8, 4) is 17.4 Å². The number of para-hydroxylation sites is 1. The second-order valence-corrected chi connectivity index (χ2v) is 8.03. The minimum atomic E-state index is -0.263. The topological polar surface area (TPSA) is 103 Å². The molecule has 2 aromatic carbocycles. The molecule has 2 aliphatic heterocycles. The smallest absolute Gasteiger partial charge is 0.267 e. The van der Waals surface area contributed by atoms with E-state index in [9.17, 15) is 4.79 Å². The summed E-state index contributed by atoms with van der Waals surface area (Å²) in [6.07, 6.45) is 3.23. The van der Waals surface area contributed by atoms with Gasteiger partial charge in [0.15, 0.2) is 0 Å². The normalized spacial score (nSPS) is 20.8. The first-order valence-corrected chi connectivity index (χ1v) is 10.8. The van der Waals surface area contributed by atoms with Crippen molar-refractivity contribution in [3.63, 3.8) is 0 Å². The first kappa shape index (κ1) is 20.3. The van der Waals surface area contributed by atoms with E-state index in [4.69, 9.17) is 15.2 Å². The van der Waals surface area contributed by atoms with Crippen LogP contribution in [0.3, 0.4) is 0 Å². The van der Waals surface area contributed by atoms with Crippen molar-refractivity contribution >= 4 is 17.4 Å². The number of hydrogen-bond donors (Lipinski definition) is 2. The Bertz CT molecular complexity index is 1080. The molecule has 1 saturated heterocycles. The summed E-state index contributed by atoms with van der Waals surface area (Å²) in [5.41, 5.74) is 7.02. The highest BCUT2D eigenvalue weighted by Gasteiger charge is 2.36. The van der Waals surface area contributed by atoms with Gasteiger partial charge in [-0.15, -0.1) is 0 Å². The fraction of sp³-hybridized carbons (Fsp3) is 0.292. The maximum Gasteiger partial charge on any atom is 0.267 e. The highest BCUT2D eigenvalue weighted by atomic mass is 16.5. The number of aromatic nitrogens is 2. The summed E-state index contributed by atoms with van der Waals surface area (Å²) in [4.78, 5) is 23.4. The third-order valence-electron chi connectivity index (χ3n) is 5.91. The molecule has 0 aliphatic carbocycles. The van der Waals surface area contributed by atoms with E-state index in [0.717, 1.165) is 37.4 Å². The van der Waals surface area contributed by atoms with Crippen LogP contribution in [0.5, 0.6) is 17.4 Å². The number of rotatable bonds is 4. The fourth-order valence-corrected chi connectivity index (χ4v) is 4.23. The van der Waals surface area contributed by atoms with Crippen LogP contribution in [0, 0.1) is 5.92 Å². The monoisotopic (exact) mass is 431 g/mol. The molecule has 5 rings (SSSR count). The van der Waals surface area contributed by atoms with E-state index in [0.29, 0.717) is 12.3 Å². The summed E-state index contributed by atoms with van der Waals surface area (Å²) in [6.45, 7) is 2.24. The summed E-state index contributed by atoms with van der Waals surface area (Å²) >= 11 is 0. The zero-order valence-electron chi connectivity index (χ0n) is 17.6. The standard InChI is InChI=1S/C24H25N5O3/c25-22-21-23(28-15-27-22)32-20(16-5-4-12-26-13-16)14-29(24(21)30)17-8-10-19(11-9-17)31-18-6-2-1-3-7-18/h1-3,6-11,15-16,20,26H,4-5,12-14H2,(H2,25,27,28). The van der Waals surface area contributed by atoms with Crippen LogP contribution in [-0.2, 0) is 0 Å². The molecule has 0 bridgehead atoms. The van der Waals surface area contributed by atoms with E-state index in [1.54, 1.807) is 4.90 Å². The van der Waals surface area contributed by atoms with Crippen LogP contribution in [0.2, 0.25) is 0 Å². The van der Waals surface area contributed by atoms with Gasteiger partial charge in [-0.3, -0.25) is 4.79 Å². The maximum absolute atomic E-state index is 13.5. The highest BCUT2D eigenvalue weighted by Crippen LogP contribution is 2.33. The Morgan fingerprint density at radius 3 is 2.59 bits per heavy atom. The lowest BCUT2D eigenvalue weighted by atomic mass is 9.93. The lowest BCUT2D eigenvalue weighted by molar-refractivity contribution is 0.0972. The van der Waals surface area contributed by atoms with Gasteiger partial charge in [0, 0.05) is 18.2 Å². The number of ether oxygens (including phenoxy) is 2. The average Bonchev–Trinajstić information content (AvgIpc) is 2.98. The molecule has 0 spiro atoms. The number of nitrogen functional groups attached to an aromatic ring is 1. The number of nitrogens with two attached hydrogens (primary N) is 1. The average molecular weight is 431 g/mol. The number of benzene rings is 2. The predicted octanol–water partition coefficient (Wildman–Crippen LogP) is 3.26. The quantitative estimate of drug-likeness (QED) is 0.654. The lowest BCUT2D eigenvalue weighted by Crippen LogP contribution is -2.45. The largest absolute Gasteiger partial charge is 0.471 e. The third-order valence-corrected chi connectivity index (χ3v) is 5.91. The molecule has 3 N–H and O–H groups in total. The second kappa shape index (κ2) is 8.84. The van der Waals surface area contributed by atoms with Gasteiger partial charge >= 0.3 is 0 Å². The van der Waals surface area contributed by atoms with Gasteiger partial charge in [-0.25, -0.2) is 9.97 Å². The van der Waals surface area contributed by atoms with Crippen LogP contribution in [-0.4, -0.2) is 41.6 Å². The number of carbonyl (C=O) groups excluding carboxylic acids is 1. The van der Waals surface area contributed by atoms with Gasteiger partial charge in [0.1, 0.15) is 35.3 Å². The molecule has 0 saturated carbocycles. The Kier molecular flexibility index (Phi) is 5.60. The van der Waals surface area contributed by atoms with Crippen molar-refractivity contribution in [2.75, 3.05) is 30.3 Å². The highest BCUT2D eigenvalue weighted by molar-refractivity contribution is 6.10. The van der Waals surface area contributed by atoms with Crippen LogP contribution in [0.25, 0.3) is 0 Å². The molecule has 2 aliphatic rings. The fourth-order valence-electron chi connectivity index (χ4n) is 4.23. The van der Waals surface area contributed by atoms with Crippen molar-refractivity contribution in [1.82, 2.24) is 15.3 Å². The van der Waals surface area contributed by atoms with Crippen LogP contribution in [0.1, 0.15) is 23.2 Å². The molecular weight excluding hydrogens is 406 g/mol. The number of piperidine rings is 1. The Labute approximate surface area is 186 Å². The summed E-state index contributed by atoms with van der Waals surface area (Å²) in [6, 6.07) is 17.0. The first-order valence-electron chi connectivity index (χ1n) is 10.8. The molecule has 1 aromatic heterocycles. The molecule has 1 fully saturated rings. The summed E-state index contributed by atoms with van der Waals surface area (Å²) in [5.74, 6) is 1.82. The van der Waals surface area contributed by atoms with Crippen LogP contribution < -0.4 is 25.4 Å².